The molecule has 1 aromatic carbocycles. The summed E-state index contributed by atoms with van der Waals surface area (Å²) in [5.74, 6) is -1.10. The van der Waals surface area contributed by atoms with Crippen LogP contribution in [0.3, 0.4) is 0 Å². The van der Waals surface area contributed by atoms with Gasteiger partial charge in [0.2, 0.25) is 17.1 Å². The molecule has 1 saturated heterocycles. The summed E-state index contributed by atoms with van der Waals surface area (Å²) in [4.78, 5) is 22.1. The number of phenolic OH excluding ortho intramolecular Hbond substituents is 1. The van der Waals surface area contributed by atoms with Crippen LogP contribution in [0, 0.1) is 11.7 Å². The van der Waals surface area contributed by atoms with Crippen LogP contribution in [0.15, 0.2) is 12.1 Å². The summed E-state index contributed by atoms with van der Waals surface area (Å²) < 4.78 is 28.2. The standard InChI is InChI=1S/C9H10FN3O3S.C8H15NO/c10-6-1-5(3-11)2-7(14)9(6)13-4-8(15)12-17(13)16;1-9-8(10)7-5-3-2-4-6-7/h1-2,14H,3-4,11H2,(H,12,15);7H,2-6H2,1H3,(H,9,10). The molecular weight excluding hydrogens is 375 g/mol. The minimum Gasteiger partial charge on any atom is -0.506 e. The lowest BCUT2D eigenvalue weighted by Crippen LogP contribution is -2.28. The monoisotopic (exact) mass is 400 g/mol. The summed E-state index contributed by atoms with van der Waals surface area (Å²) >= 11 is -1.87. The molecule has 2 fully saturated rings. The first kappa shape index (κ1) is 21.1. The molecule has 1 aliphatic carbocycles. The van der Waals surface area contributed by atoms with Gasteiger partial charge in [-0.1, -0.05) is 19.3 Å². The van der Waals surface area contributed by atoms with Crippen molar-refractivity contribution in [2.45, 2.75) is 38.6 Å². The van der Waals surface area contributed by atoms with Crippen molar-refractivity contribution in [3.05, 3.63) is 23.5 Å². The Kier molecular flexibility index (Phi) is 7.55. The molecule has 0 spiro atoms. The van der Waals surface area contributed by atoms with Crippen LogP contribution in [0.5, 0.6) is 5.75 Å². The lowest BCUT2D eigenvalue weighted by molar-refractivity contribution is -0.125. The first-order chi connectivity index (χ1) is 12.9. The van der Waals surface area contributed by atoms with Gasteiger partial charge in [-0.3, -0.25) is 18.6 Å². The van der Waals surface area contributed by atoms with Crippen LogP contribution >= 0.6 is 0 Å². The molecule has 1 saturated carbocycles. The predicted molar refractivity (Wildman–Crippen MR) is 100 cm³/mol. The zero-order valence-corrected chi connectivity index (χ0v) is 16.0. The van der Waals surface area contributed by atoms with Crippen molar-refractivity contribution >= 4 is 28.7 Å². The zero-order valence-electron chi connectivity index (χ0n) is 15.2. The predicted octanol–water partition coefficient (Wildman–Crippen LogP) is 0.818. The Hall–Kier alpha value is -2.20. The molecule has 0 radical (unpaired) electrons. The second-order valence-corrected chi connectivity index (χ2v) is 7.55. The van der Waals surface area contributed by atoms with Crippen molar-refractivity contribution in [2.75, 3.05) is 17.9 Å². The van der Waals surface area contributed by atoms with Crippen molar-refractivity contribution in [2.24, 2.45) is 11.7 Å². The summed E-state index contributed by atoms with van der Waals surface area (Å²) in [5.41, 5.74) is 5.47. The first-order valence-electron chi connectivity index (χ1n) is 8.79. The van der Waals surface area contributed by atoms with E-state index in [2.05, 4.69) is 10.0 Å². The highest BCUT2D eigenvalue weighted by Crippen LogP contribution is 2.33. The third-order valence-electron chi connectivity index (χ3n) is 4.50. The fraction of sp³-hybridized carbons (Fsp3) is 0.529. The van der Waals surface area contributed by atoms with Gasteiger partial charge in [-0.25, -0.2) is 8.60 Å². The molecule has 5 N–H and O–H groups in total. The van der Waals surface area contributed by atoms with Crippen LogP contribution in [-0.4, -0.2) is 34.7 Å². The number of halogens is 1. The Morgan fingerprint density at radius 1 is 1.41 bits per heavy atom. The van der Waals surface area contributed by atoms with Crippen molar-refractivity contribution < 1.29 is 23.3 Å². The molecule has 3 rings (SSSR count). The highest BCUT2D eigenvalue weighted by Gasteiger charge is 2.31. The Morgan fingerprint density at radius 2 is 2.07 bits per heavy atom. The summed E-state index contributed by atoms with van der Waals surface area (Å²) in [7, 11) is 1.72. The SMILES string of the molecule is CNC(=O)C1CCCCC1.NCc1cc(O)c(N2CC(=O)NS2=O)c(F)c1. The van der Waals surface area contributed by atoms with E-state index < -0.39 is 28.6 Å². The minimum atomic E-state index is -1.87. The van der Waals surface area contributed by atoms with E-state index >= 15 is 0 Å². The molecule has 8 nitrogen and oxygen atoms in total. The highest BCUT2D eigenvalue weighted by atomic mass is 32.2. The number of nitrogens with two attached hydrogens (primary N) is 1. The number of hydrogen-bond donors (Lipinski definition) is 4. The number of hydrogen-bond acceptors (Lipinski definition) is 5. The molecule has 0 bridgehead atoms. The summed E-state index contributed by atoms with van der Waals surface area (Å²) in [5, 5.41) is 12.4. The first-order valence-corrected chi connectivity index (χ1v) is 9.90. The number of phenols is 1. The fourth-order valence-electron chi connectivity index (χ4n) is 3.11. The van der Waals surface area contributed by atoms with Gasteiger partial charge in [0.25, 0.3) is 5.91 Å². The molecule has 150 valence electrons. The number of benzene rings is 1. The van der Waals surface area contributed by atoms with E-state index in [0.29, 0.717) is 11.5 Å². The van der Waals surface area contributed by atoms with E-state index in [1.165, 1.54) is 25.3 Å². The largest absolute Gasteiger partial charge is 0.506 e. The molecule has 1 atom stereocenters. The second kappa shape index (κ2) is 9.65. The van der Waals surface area contributed by atoms with Crippen LogP contribution in [0.25, 0.3) is 0 Å². The smallest absolute Gasteiger partial charge is 0.253 e. The molecule has 10 heteroatoms. The van der Waals surface area contributed by atoms with Crippen LogP contribution in [0.2, 0.25) is 0 Å². The highest BCUT2D eigenvalue weighted by molar-refractivity contribution is 7.85. The molecule has 2 aliphatic rings. The molecule has 1 aliphatic heterocycles. The van der Waals surface area contributed by atoms with E-state index in [9.17, 15) is 23.3 Å². The van der Waals surface area contributed by atoms with Gasteiger partial charge in [-0.15, -0.1) is 0 Å². The van der Waals surface area contributed by atoms with Gasteiger partial charge in [-0.05, 0) is 30.5 Å². The van der Waals surface area contributed by atoms with Crippen LogP contribution in [0.4, 0.5) is 10.1 Å². The molecule has 1 unspecified atom stereocenters. The van der Waals surface area contributed by atoms with E-state index in [0.717, 1.165) is 23.2 Å². The maximum absolute atomic E-state index is 13.7. The number of aromatic hydroxyl groups is 1. The summed E-state index contributed by atoms with van der Waals surface area (Å²) in [6, 6.07) is 2.41. The lowest BCUT2D eigenvalue weighted by atomic mass is 9.89. The van der Waals surface area contributed by atoms with Gasteiger partial charge in [0.15, 0.2) is 5.82 Å². The fourth-order valence-corrected chi connectivity index (χ4v) is 4.06. The number of amides is 2. The van der Waals surface area contributed by atoms with Gasteiger partial charge in [0, 0.05) is 19.5 Å². The average Bonchev–Trinajstić information content (AvgIpc) is 2.99. The number of nitrogens with zero attached hydrogens (tertiary/aromatic N) is 1. The number of carbonyl (C=O) groups excluding carboxylic acids is 2. The van der Waals surface area contributed by atoms with Gasteiger partial charge in [0.05, 0.1) is 0 Å². The van der Waals surface area contributed by atoms with Crippen LogP contribution < -0.4 is 20.1 Å². The number of nitrogens with one attached hydrogen (secondary N) is 2. The zero-order chi connectivity index (χ0) is 20.0. The second-order valence-electron chi connectivity index (χ2n) is 6.41. The molecule has 2 amide bonds. The maximum Gasteiger partial charge on any atom is 0.253 e. The molecule has 1 aromatic rings. The molecule has 1 heterocycles. The Balaban J connectivity index is 0.000000223. The van der Waals surface area contributed by atoms with E-state index in [1.54, 1.807) is 7.05 Å². The number of carbonyl (C=O) groups is 2. The van der Waals surface area contributed by atoms with Crippen molar-refractivity contribution in [1.82, 2.24) is 10.0 Å². The van der Waals surface area contributed by atoms with Gasteiger partial charge < -0.3 is 16.2 Å². The van der Waals surface area contributed by atoms with Gasteiger partial charge in [-0.2, -0.15) is 0 Å². The Bertz CT molecular complexity index is 702. The summed E-state index contributed by atoms with van der Waals surface area (Å²) in [6.07, 6.45) is 5.98. The maximum atomic E-state index is 13.7. The van der Waals surface area contributed by atoms with Crippen molar-refractivity contribution in [3.8, 4) is 5.75 Å². The van der Waals surface area contributed by atoms with Gasteiger partial charge in [0.1, 0.15) is 18.0 Å². The third kappa shape index (κ3) is 5.39. The van der Waals surface area contributed by atoms with Crippen molar-refractivity contribution in [1.29, 1.82) is 0 Å². The number of anilines is 1. The quantitative estimate of drug-likeness (QED) is 0.598. The average molecular weight is 400 g/mol. The van der Waals surface area contributed by atoms with Crippen LogP contribution in [0.1, 0.15) is 37.7 Å². The molecular formula is C17H25FN4O4S. The third-order valence-corrected chi connectivity index (χ3v) is 5.61. The molecule has 27 heavy (non-hydrogen) atoms. The van der Waals surface area contributed by atoms with E-state index in [1.807, 2.05) is 0 Å². The topological polar surface area (TPSA) is 125 Å². The summed E-state index contributed by atoms with van der Waals surface area (Å²) in [6.45, 7) is -0.190. The lowest BCUT2D eigenvalue weighted by Gasteiger charge is -2.19. The Labute approximate surface area is 160 Å². The Morgan fingerprint density at radius 3 is 2.56 bits per heavy atom. The van der Waals surface area contributed by atoms with Gasteiger partial charge >= 0.3 is 0 Å². The van der Waals surface area contributed by atoms with E-state index in [4.69, 9.17) is 5.73 Å². The number of rotatable bonds is 3. The minimum absolute atomic E-state index is 0.0744. The normalized spacial score (nSPS) is 19.9. The van der Waals surface area contributed by atoms with Crippen LogP contribution in [-0.2, 0) is 27.3 Å². The molecule has 0 aromatic heterocycles. The van der Waals surface area contributed by atoms with Crippen molar-refractivity contribution in [3.63, 3.8) is 0 Å². The van der Waals surface area contributed by atoms with E-state index in [-0.39, 0.29) is 24.7 Å².